The van der Waals surface area contributed by atoms with E-state index in [1.54, 1.807) is 0 Å². The largest absolute Gasteiger partial charge is 0.437 e. The van der Waals surface area contributed by atoms with Gasteiger partial charge in [0.05, 0.1) is 16.4 Å². The molecule has 0 saturated heterocycles. The van der Waals surface area contributed by atoms with Crippen molar-refractivity contribution in [2.24, 2.45) is 0 Å². The summed E-state index contributed by atoms with van der Waals surface area (Å²) >= 11 is 0. The number of para-hydroxylation sites is 2. The zero-order chi connectivity index (χ0) is 34.2. The summed E-state index contributed by atoms with van der Waals surface area (Å²) < 4.78 is 9.27. The second-order valence-corrected chi connectivity index (χ2v) is 13.4. The maximum absolute atomic E-state index is 7.00. The zero-order valence-corrected chi connectivity index (χ0v) is 28.1. The van der Waals surface area contributed by atoms with Crippen LogP contribution in [0.25, 0.3) is 105 Å². The molecule has 0 aliphatic rings. The summed E-state index contributed by atoms with van der Waals surface area (Å²) in [6.45, 7) is 0. The van der Waals surface area contributed by atoms with Gasteiger partial charge in [-0.3, -0.25) is 4.57 Å². The third kappa shape index (κ3) is 4.17. The highest BCUT2D eigenvalue weighted by molar-refractivity contribution is 6.28. The van der Waals surface area contributed by atoms with Crippen LogP contribution in [0.1, 0.15) is 0 Å². The Morgan fingerprint density at radius 2 is 0.865 bits per heavy atom. The lowest BCUT2D eigenvalue weighted by Gasteiger charge is -2.18. The quantitative estimate of drug-likeness (QED) is 0.176. The van der Waals surface area contributed by atoms with Crippen molar-refractivity contribution < 1.29 is 4.42 Å². The fourth-order valence-electron chi connectivity index (χ4n) is 8.37. The van der Waals surface area contributed by atoms with Crippen molar-refractivity contribution in [3.05, 3.63) is 182 Å². The first-order valence-electron chi connectivity index (χ1n) is 17.7. The Labute approximate surface area is 299 Å². The van der Waals surface area contributed by atoms with Gasteiger partial charge in [-0.25, -0.2) is 4.98 Å². The second-order valence-electron chi connectivity index (χ2n) is 13.4. The van der Waals surface area contributed by atoms with Gasteiger partial charge < -0.3 is 4.42 Å². The molecule has 11 aromatic rings. The molecule has 3 nitrogen and oxygen atoms in total. The van der Waals surface area contributed by atoms with Gasteiger partial charge in [0.15, 0.2) is 5.58 Å². The first kappa shape index (κ1) is 28.8. The van der Waals surface area contributed by atoms with E-state index in [2.05, 4.69) is 180 Å². The molecule has 11 rings (SSSR count). The Bertz CT molecular complexity index is 3100. The minimum atomic E-state index is 0.808. The Morgan fingerprint density at radius 3 is 1.48 bits per heavy atom. The van der Waals surface area contributed by atoms with Crippen LogP contribution in [0.5, 0.6) is 0 Å². The van der Waals surface area contributed by atoms with Crippen molar-refractivity contribution in [2.45, 2.75) is 0 Å². The van der Waals surface area contributed by atoms with Crippen LogP contribution in [0, 0.1) is 0 Å². The lowest BCUT2D eigenvalue weighted by atomic mass is 9.86. The van der Waals surface area contributed by atoms with E-state index in [1.807, 2.05) is 6.07 Å². The van der Waals surface area contributed by atoms with Crippen LogP contribution in [0.3, 0.4) is 0 Å². The monoisotopic (exact) mass is 662 g/mol. The molecule has 0 bridgehead atoms. The van der Waals surface area contributed by atoms with Crippen molar-refractivity contribution in [1.82, 2.24) is 9.55 Å². The molecule has 0 amide bonds. The van der Waals surface area contributed by atoms with Crippen LogP contribution in [0.15, 0.2) is 186 Å². The molecular weight excluding hydrogens is 633 g/mol. The number of fused-ring (bicyclic) bond motifs is 9. The van der Waals surface area contributed by atoms with Gasteiger partial charge in [0.2, 0.25) is 5.71 Å². The summed E-state index contributed by atoms with van der Waals surface area (Å²) in [4.78, 5) is 5.15. The lowest BCUT2D eigenvalue weighted by molar-refractivity contribution is 0.645. The number of rotatable bonds is 4. The SMILES string of the molecule is c1ccc(-c2c3ccccc3c(-c3ccc(-n4c5ccccc5c5c6c(oc54)c(-c4ccccc4)nc4ccccc46)cc3)c3ccccc23)cc1. The number of pyridine rings is 1. The van der Waals surface area contributed by atoms with E-state index in [4.69, 9.17) is 9.40 Å². The first-order chi connectivity index (χ1) is 25.8. The molecule has 8 aromatic carbocycles. The van der Waals surface area contributed by atoms with E-state index in [0.29, 0.717) is 0 Å². The summed E-state index contributed by atoms with van der Waals surface area (Å²) in [5, 5.41) is 9.44. The van der Waals surface area contributed by atoms with E-state index in [1.165, 1.54) is 43.8 Å². The molecule has 52 heavy (non-hydrogen) atoms. The second kappa shape index (κ2) is 11.3. The van der Waals surface area contributed by atoms with Gasteiger partial charge in [0.1, 0.15) is 5.69 Å². The highest BCUT2D eigenvalue weighted by Gasteiger charge is 2.24. The van der Waals surface area contributed by atoms with Gasteiger partial charge in [-0.05, 0) is 68.1 Å². The molecule has 0 unspecified atom stereocenters. The summed E-state index contributed by atoms with van der Waals surface area (Å²) in [5.41, 5.74) is 11.5. The molecule has 0 aliphatic heterocycles. The molecule has 0 atom stereocenters. The van der Waals surface area contributed by atoms with Crippen molar-refractivity contribution >= 4 is 65.4 Å². The molecule has 0 spiro atoms. The number of benzene rings is 8. The normalized spacial score (nSPS) is 11.8. The van der Waals surface area contributed by atoms with E-state index < -0.39 is 0 Å². The van der Waals surface area contributed by atoms with Crippen LogP contribution < -0.4 is 0 Å². The highest BCUT2D eigenvalue weighted by atomic mass is 16.3. The van der Waals surface area contributed by atoms with Crippen molar-refractivity contribution in [1.29, 1.82) is 0 Å². The predicted octanol–water partition coefficient (Wildman–Crippen LogP) is 13.4. The van der Waals surface area contributed by atoms with Crippen molar-refractivity contribution in [2.75, 3.05) is 0 Å². The third-order valence-corrected chi connectivity index (χ3v) is 10.6. The molecule has 0 saturated carbocycles. The Balaban J connectivity index is 1.16. The minimum absolute atomic E-state index is 0.808. The maximum Gasteiger partial charge on any atom is 0.213 e. The smallest absolute Gasteiger partial charge is 0.213 e. The van der Waals surface area contributed by atoms with Gasteiger partial charge in [0.25, 0.3) is 0 Å². The number of nitrogens with zero attached hydrogens (tertiary/aromatic N) is 2. The third-order valence-electron chi connectivity index (χ3n) is 10.6. The van der Waals surface area contributed by atoms with Gasteiger partial charge in [-0.15, -0.1) is 0 Å². The molecule has 0 radical (unpaired) electrons. The van der Waals surface area contributed by atoms with Gasteiger partial charge in [0, 0.05) is 27.4 Å². The van der Waals surface area contributed by atoms with E-state index in [0.717, 1.165) is 60.8 Å². The zero-order valence-electron chi connectivity index (χ0n) is 28.1. The number of hydrogen-bond acceptors (Lipinski definition) is 2. The van der Waals surface area contributed by atoms with Crippen LogP contribution in [0.4, 0.5) is 0 Å². The van der Waals surface area contributed by atoms with E-state index in [-0.39, 0.29) is 0 Å². The number of hydrogen-bond donors (Lipinski definition) is 0. The van der Waals surface area contributed by atoms with E-state index >= 15 is 0 Å². The van der Waals surface area contributed by atoms with E-state index in [9.17, 15) is 0 Å². The Kier molecular flexibility index (Phi) is 6.25. The summed E-state index contributed by atoms with van der Waals surface area (Å²) in [5.74, 6) is 0. The van der Waals surface area contributed by atoms with Gasteiger partial charge >= 0.3 is 0 Å². The van der Waals surface area contributed by atoms with Crippen molar-refractivity contribution in [3.8, 4) is 39.2 Å². The fraction of sp³-hybridized carbons (Fsp3) is 0. The molecule has 3 heteroatoms. The molecule has 0 aliphatic carbocycles. The van der Waals surface area contributed by atoms with Gasteiger partial charge in [-0.2, -0.15) is 0 Å². The molecule has 3 heterocycles. The summed E-state index contributed by atoms with van der Waals surface area (Å²) in [7, 11) is 0. The molecule has 0 fully saturated rings. The maximum atomic E-state index is 7.00. The molecule has 0 N–H and O–H groups in total. The molecular formula is C49H30N2O. The minimum Gasteiger partial charge on any atom is -0.437 e. The van der Waals surface area contributed by atoms with Crippen LogP contribution >= 0.6 is 0 Å². The highest BCUT2D eigenvalue weighted by Crippen LogP contribution is 2.46. The van der Waals surface area contributed by atoms with Crippen LogP contribution in [-0.2, 0) is 0 Å². The van der Waals surface area contributed by atoms with Crippen LogP contribution in [0.2, 0.25) is 0 Å². The standard InChI is InChI=1S/C49H30N2O/c1-3-15-31(16-4-1)43-35-19-7-9-21-37(35)44(38-22-10-8-20-36(38)43)32-27-29-34(30-28-32)51-42-26-14-12-24-40(42)46-45-39-23-11-13-25-41(39)50-47(48(45)52-49(46)51)33-17-5-2-6-18-33/h1-30H. The summed E-state index contributed by atoms with van der Waals surface area (Å²) in [6, 6.07) is 64.8. The average molecular weight is 663 g/mol. The van der Waals surface area contributed by atoms with Gasteiger partial charge in [-0.1, -0.05) is 158 Å². The predicted molar refractivity (Wildman–Crippen MR) is 217 cm³/mol. The molecule has 3 aromatic heterocycles. The Morgan fingerprint density at radius 1 is 0.385 bits per heavy atom. The number of aromatic nitrogens is 2. The average Bonchev–Trinajstić information content (AvgIpc) is 3.76. The Hall–Kier alpha value is -6.97. The lowest BCUT2D eigenvalue weighted by Crippen LogP contribution is -1.94. The van der Waals surface area contributed by atoms with Crippen molar-refractivity contribution in [3.63, 3.8) is 0 Å². The topological polar surface area (TPSA) is 31.0 Å². The first-order valence-corrected chi connectivity index (χ1v) is 17.7. The van der Waals surface area contributed by atoms with Crippen LogP contribution in [-0.4, -0.2) is 9.55 Å². The molecule has 242 valence electrons. The summed E-state index contributed by atoms with van der Waals surface area (Å²) in [6.07, 6.45) is 0. The fourth-order valence-corrected chi connectivity index (χ4v) is 8.37. The number of furan rings is 1.